The van der Waals surface area contributed by atoms with Crippen molar-refractivity contribution in [3.8, 4) is 0 Å². The van der Waals surface area contributed by atoms with Crippen LogP contribution >= 0.6 is 0 Å². The van der Waals surface area contributed by atoms with Gasteiger partial charge in [0.25, 0.3) is 5.56 Å². The lowest BCUT2D eigenvalue weighted by molar-refractivity contribution is 0.0507. The summed E-state index contributed by atoms with van der Waals surface area (Å²) in [6.45, 7) is 5.78. The van der Waals surface area contributed by atoms with Gasteiger partial charge in [-0.05, 0) is 51.5 Å². The number of hydrogen-bond acceptors (Lipinski definition) is 5. The van der Waals surface area contributed by atoms with Crippen molar-refractivity contribution in [2.45, 2.75) is 43.7 Å². The largest absolute Gasteiger partial charge is 0.444 e. The van der Waals surface area contributed by atoms with Gasteiger partial charge in [0.1, 0.15) is 11.1 Å². The molecule has 1 aromatic carbocycles. The number of carbonyl (C=O) groups excluding carboxylic acids is 1. The van der Waals surface area contributed by atoms with E-state index in [2.05, 4.69) is 15.3 Å². The monoisotopic (exact) mass is 432 g/mol. The summed E-state index contributed by atoms with van der Waals surface area (Å²) in [4.78, 5) is 29.9. The quantitative estimate of drug-likeness (QED) is 0.586. The van der Waals surface area contributed by atoms with E-state index in [1.165, 1.54) is 10.4 Å². The normalized spacial score (nSPS) is 18.2. The number of benzene rings is 1. The lowest BCUT2D eigenvalue weighted by atomic mass is 10.1. The van der Waals surface area contributed by atoms with Crippen molar-refractivity contribution in [1.29, 1.82) is 0 Å². The molecule has 3 heterocycles. The van der Waals surface area contributed by atoms with Gasteiger partial charge >= 0.3 is 6.09 Å². The highest BCUT2D eigenvalue weighted by Gasteiger charge is 2.34. The maximum absolute atomic E-state index is 13.2. The number of rotatable bonds is 3. The molecule has 1 aliphatic heterocycles. The summed E-state index contributed by atoms with van der Waals surface area (Å²) in [5.41, 5.74) is 0.0925. The summed E-state index contributed by atoms with van der Waals surface area (Å²) < 4.78 is 33.0. The van der Waals surface area contributed by atoms with E-state index < -0.39 is 21.7 Å². The van der Waals surface area contributed by atoms with Crippen molar-refractivity contribution in [3.63, 3.8) is 0 Å². The maximum atomic E-state index is 13.2. The van der Waals surface area contributed by atoms with Crippen LogP contribution in [-0.2, 0) is 14.8 Å². The van der Waals surface area contributed by atoms with Gasteiger partial charge in [-0.1, -0.05) is 0 Å². The number of hydrogen-bond donors (Lipinski definition) is 3. The molecule has 0 unspecified atom stereocenters. The van der Waals surface area contributed by atoms with Crippen LogP contribution in [0.1, 0.15) is 27.2 Å². The molecule has 1 amide bonds. The summed E-state index contributed by atoms with van der Waals surface area (Å²) in [5.74, 6) is 0. The zero-order valence-corrected chi connectivity index (χ0v) is 17.8. The highest BCUT2D eigenvalue weighted by Crippen LogP contribution is 2.27. The van der Waals surface area contributed by atoms with Crippen molar-refractivity contribution in [1.82, 2.24) is 19.6 Å². The third kappa shape index (κ3) is 3.80. The first-order valence-electron chi connectivity index (χ1n) is 9.67. The molecule has 1 aliphatic rings. The third-order valence-electron chi connectivity index (χ3n) is 5.01. The molecule has 160 valence electrons. The highest BCUT2D eigenvalue weighted by atomic mass is 32.2. The van der Waals surface area contributed by atoms with Gasteiger partial charge in [-0.3, -0.25) is 4.79 Å². The molecule has 4 rings (SSSR count). The number of fused-ring (bicyclic) bond motifs is 3. The van der Waals surface area contributed by atoms with Crippen LogP contribution in [0.2, 0.25) is 0 Å². The molecule has 10 heteroatoms. The number of H-pyrrole nitrogens is 2. The van der Waals surface area contributed by atoms with E-state index in [9.17, 15) is 18.0 Å². The molecular formula is C20H24N4O5S. The Hall–Kier alpha value is -2.85. The second kappa shape index (κ2) is 7.13. The number of ether oxygens (including phenoxy) is 1. The van der Waals surface area contributed by atoms with Crippen LogP contribution in [0.25, 0.3) is 21.8 Å². The van der Waals surface area contributed by atoms with E-state index in [-0.39, 0.29) is 23.0 Å². The number of amides is 1. The van der Waals surface area contributed by atoms with Crippen LogP contribution < -0.4 is 10.9 Å². The van der Waals surface area contributed by atoms with E-state index in [0.29, 0.717) is 34.8 Å². The van der Waals surface area contributed by atoms with E-state index in [4.69, 9.17) is 4.74 Å². The van der Waals surface area contributed by atoms with Crippen molar-refractivity contribution in [3.05, 3.63) is 40.8 Å². The lowest BCUT2D eigenvalue weighted by Crippen LogP contribution is -2.41. The lowest BCUT2D eigenvalue weighted by Gasteiger charge is -2.22. The molecule has 1 atom stereocenters. The second-order valence-corrected chi connectivity index (χ2v) is 10.4. The molecule has 3 aromatic rings. The summed E-state index contributed by atoms with van der Waals surface area (Å²) >= 11 is 0. The van der Waals surface area contributed by atoms with Crippen LogP contribution in [0.15, 0.2) is 40.2 Å². The standard InChI is InChI=1S/C20H24N4O5S/c1-20(2,3)29-19(26)22-12-7-9-24(11-12)30(27,28)13-4-5-16-15(10-13)14-6-8-21-17(14)18(25)23-16/h4-6,8,10,12,21H,7,9,11H2,1-3H3,(H,22,26)(H,23,25)/t12-/m0/s1. The van der Waals surface area contributed by atoms with Gasteiger partial charge < -0.3 is 20.0 Å². The molecule has 0 aliphatic carbocycles. The molecule has 1 saturated heterocycles. The Morgan fingerprint density at radius 2 is 2.00 bits per heavy atom. The van der Waals surface area contributed by atoms with Crippen LogP contribution in [0.3, 0.4) is 0 Å². The molecule has 9 nitrogen and oxygen atoms in total. The number of alkyl carbamates (subject to hydrolysis) is 1. The fraction of sp³-hybridized carbons (Fsp3) is 0.400. The van der Waals surface area contributed by atoms with Gasteiger partial charge in [0, 0.05) is 41.6 Å². The van der Waals surface area contributed by atoms with Crippen LogP contribution in [-0.4, -0.2) is 53.5 Å². The molecule has 1 fully saturated rings. The molecular weight excluding hydrogens is 408 g/mol. The van der Waals surface area contributed by atoms with Crippen molar-refractivity contribution >= 4 is 37.9 Å². The van der Waals surface area contributed by atoms with E-state index in [0.717, 1.165) is 0 Å². The highest BCUT2D eigenvalue weighted by molar-refractivity contribution is 7.89. The Labute approximate surface area is 173 Å². The summed E-state index contributed by atoms with van der Waals surface area (Å²) in [7, 11) is -3.76. The number of aromatic nitrogens is 2. The van der Waals surface area contributed by atoms with E-state index in [1.54, 1.807) is 45.2 Å². The maximum Gasteiger partial charge on any atom is 0.407 e. The van der Waals surface area contributed by atoms with Gasteiger partial charge in [0.2, 0.25) is 10.0 Å². The fourth-order valence-corrected chi connectivity index (χ4v) is 5.20. The van der Waals surface area contributed by atoms with Crippen LogP contribution in [0, 0.1) is 0 Å². The van der Waals surface area contributed by atoms with Crippen molar-refractivity contribution < 1.29 is 17.9 Å². The number of pyridine rings is 1. The van der Waals surface area contributed by atoms with Crippen LogP contribution in [0.4, 0.5) is 4.79 Å². The Balaban J connectivity index is 1.58. The van der Waals surface area contributed by atoms with Gasteiger partial charge in [-0.15, -0.1) is 0 Å². The molecule has 0 bridgehead atoms. The minimum atomic E-state index is -3.76. The number of nitrogens with one attached hydrogen (secondary N) is 3. The zero-order chi connectivity index (χ0) is 21.7. The number of nitrogens with zero attached hydrogens (tertiary/aromatic N) is 1. The van der Waals surface area contributed by atoms with Gasteiger partial charge in [0.05, 0.1) is 4.90 Å². The van der Waals surface area contributed by atoms with Crippen LogP contribution in [0.5, 0.6) is 0 Å². The van der Waals surface area contributed by atoms with Gasteiger partial charge in [-0.25, -0.2) is 13.2 Å². The van der Waals surface area contributed by atoms with Gasteiger partial charge in [0.15, 0.2) is 0 Å². The Morgan fingerprint density at radius 3 is 2.73 bits per heavy atom. The Bertz CT molecular complexity index is 1290. The predicted octanol–water partition coefficient (Wildman–Crippen LogP) is 2.30. The molecule has 0 saturated carbocycles. The second-order valence-electron chi connectivity index (χ2n) is 8.42. The first kappa shape index (κ1) is 20.4. The number of carbonyl (C=O) groups is 1. The number of aromatic amines is 2. The predicted molar refractivity (Wildman–Crippen MR) is 113 cm³/mol. The Kier molecular flexibility index (Phi) is 4.86. The zero-order valence-electron chi connectivity index (χ0n) is 17.0. The smallest absolute Gasteiger partial charge is 0.407 e. The molecule has 0 spiro atoms. The SMILES string of the molecule is CC(C)(C)OC(=O)N[C@H]1CCN(S(=O)(=O)c2ccc3[nH]c(=O)c4[nH]ccc4c3c2)C1. The van der Waals surface area contributed by atoms with Gasteiger partial charge in [-0.2, -0.15) is 4.31 Å². The molecule has 2 aromatic heterocycles. The van der Waals surface area contributed by atoms with Crippen molar-refractivity contribution in [2.75, 3.05) is 13.1 Å². The minimum Gasteiger partial charge on any atom is -0.444 e. The average Bonchev–Trinajstić information content (AvgIpc) is 3.30. The Morgan fingerprint density at radius 1 is 1.23 bits per heavy atom. The molecule has 3 N–H and O–H groups in total. The van der Waals surface area contributed by atoms with E-state index in [1.807, 2.05) is 0 Å². The topological polar surface area (TPSA) is 124 Å². The number of sulfonamides is 1. The average molecular weight is 433 g/mol. The summed E-state index contributed by atoms with van der Waals surface area (Å²) in [5, 5.41) is 4.05. The fourth-order valence-electron chi connectivity index (χ4n) is 3.67. The minimum absolute atomic E-state index is 0.141. The van der Waals surface area contributed by atoms with E-state index >= 15 is 0 Å². The molecule has 30 heavy (non-hydrogen) atoms. The first-order valence-corrected chi connectivity index (χ1v) is 11.1. The molecule has 0 radical (unpaired) electrons. The summed E-state index contributed by atoms with van der Waals surface area (Å²) in [6.07, 6.45) is 1.59. The third-order valence-corrected chi connectivity index (χ3v) is 6.87. The first-order chi connectivity index (χ1) is 14.0. The van der Waals surface area contributed by atoms with Crippen molar-refractivity contribution in [2.24, 2.45) is 0 Å². The summed E-state index contributed by atoms with van der Waals surface area (Å²) in [6, 6.07) is 6.09.